The van der Waals surface area contributed by atoms with Crippen LogP contribution in [0.1, 0.15) is 27.7 Å². The van der Waals surface area contributed by atoms with Crippen LogP contribution in [0, 0.1) is 11.3 Å². The molecule has 1 aliphatic heterocycles. The number of ether oxygens (including phenoxy) is 1. The first-order chi connectivity index (χ1) is 7.41. The van der Waals surface area contributed by atoms with Gasteiger partial charge in [-0.05, 0) is 11.3 Å². The van der Waals surface area contributed by atoms with Crippen molar-refractivity contribution in [3.63, 3.8) is 0 Å². The second-order valence-electron chi connectivity index (χ2n) is 5.59. The highest BCUT2D eigenvalue weighted by molar-refractivity contribution is 5.81. The molecule has 0 aliphatic carbocycles. The van der Waals surface area contributed by atoms with Crippen LogP contribution in [0.4, 0.5) is 0 Å². The lowest BCUT2D eigenvalue weighted by molar-refractivity contribution is -0.126. The van der Waals surface area contributed by atoms with Crippen LogP contribution in [0.5, 0.6) is 0 Å². The number of hydrogen-bond donors (Lipinski definition) is 2. The first kappa shape index (κ1) is 13.5. The molecule has 1 amide bonds. The summed E-state index contributed by atoms with van der Waals surface area (Å²) < 4.78 is 5.25. The van der Waals surface area contributed by atoms with E-state index in [4.69, 9.17) is 4.74 Å². The van der Waals surface area contributed by atoms with E-state index in [1.807, 2.05) is 0 Å². The van der Waals surface area contributed by atoms with Gasteiger partial charge in [-0.15, -0.1) is 0 Å². The number of nitrogens with one attached hydrogen (secondary N) is 2. The summed E-state index contributed by atoms with van der Waals surface area (Å²) in [5, 5.41) is 6.12. The molecule has 0 radical (unpaired) electrons. The third kappa shape index (κ3) is 4.10. The molecule has 1 rings (SSSR count). The van der Waals surface area contributed by atoms with Crippen molar-refractivity contribution in [3.8, 4) is 0 Å². The van der Waals surface area contributed by atoms with Gasteiger partial charge in [0.1, 0.15) is 6.04 Å². The van der Waals surface area contributed by atoms with Crippen molar-refractivity contribution in [2.45, 2.75) is 33.7 Å². The van der Waals surface area contributed by atoms with Gasteiger partial charge in [-0.1, -0.05) is 27.7 Å². The lowest BCUT2D eigenvalue weighted by Crippen LogP contribution is -2.52. The van der Waals surface area contributed by atoms with Gasteiger partial charge in [-0.3, -0.25) is 4.79 Å². The van der Waals surface area contributed by atoms with Gasteiger partial charge < -0.3 is 15.4 Å². The minimum Gasteiger partial charge on any atom is -0.378 e. The summed E-state index contributed by atoms with van der Waals surface area (Å²) in [6.07, 6.45) is 0. The lowest BCUT2D eigenvalue weighted by Gasteiger charge is -2.29. The van der Waals surface area contributed by atoms with Crippen LogP contribution in [0.25, 0.3) is 0 Å². The zero-order valence-electron chi connectivity index (χ0n) is 10.8. The van der Waals surface area contributed by atoms with Gasteiger partial charge in [0.15, 0.2) is 0 Å². The molecule has 0 saturated carbocycles. The smallest absolute Gasteiger partial charge is 0.239 e. The number of rotatable bonds is 3. The lowest BCUT2D eigenvalue weighted by atomic mass is 9.82. The fraction of sp³-hybridized carbons (Fsp3) is 0.917. The molecule has 2 unspecified atom stereocenters. The van der Waals surface area contributed by atoms with Gasteiger partial charge in [-0.25, -0.2) is 0 Å². The fourth-order valence-electron chi connectivity index (χ4n) is 1.42. The van der Waals surface area contributed by atoms with Crippen molar-refractivity contribution in [2.75, 3.05) is 26.3 Å². The number of hydrogen-bond acceptors (Lipinski definition) is 3. The topological polar surface area (TPSA) is 50.4 Å². The average Bonchev–Trinajstić information content (AvgIpc) is 2.25. The molecule has 1 saturated heterocycles. The highest BCUT2D eigenvalue weighted by Crippen LogP contribution is 2.24. The van der Waals surface area contributed by atoms with Crippen molar-refractivity contribution < 1.29 is 9.53 Å². The number of carbonyl (C=O) groups is 1. The summed E-state index contributed by atoms with van der Waals surface area (Å²) in [5.74, 6) is 0.511. The van der Waals surface area contributed by atoms with Crippen LogP contribution in [0.15, 0.2) is 0 Å². The summed E-state index contributed by atoms with van der Waals surface area (Å²) in [7, 11) is 0. The predicted octanol–water partition coefficient (Wildman–Crippen LogP) is 0.773. The van der Waals surface area contributed by atoms with E-state index in [1.54, 1.807) is 0 Å². The Bertz CT molecular complexity index is 230. The standard InChI is InChI=1S/C12H24N2O2/c1-9(12(2,3)4)7-14-11(15)10-8-16-6-5-13-10/h9-10,13H,5-8H2,1-4H3,(H,14,15). The monoisotopic (exact) mass is 228 g/mol. The van der Waals surface area contributed by atoms with Crippen LogP contribution in [0.2, 0.25) is 0 Å². The van der Waals surface area contributed by atoms with E-state index in [2.05, 4.69) is 38.3 Å². The summed E-state index contributed by atoms with van der Waals surface area (Å²) in [4.78, 5) is 11.8. The average molecular weight is 228 g/mol. The molecular formula is C12H24N2O2. The maximum atomic E-state index is 11.8. The summed E-state index contributed by atoms with van der Waals surface area (Å²) in [5.41, 5.74) is 0.226. The maximum Gasteiger partial charge on any atom is 0.239 e. The minimum absolute atomic E-state index is 0.0517. The molecular weight excluding hydrogens is 204 g/mol. The zero-order valence-corrected chi connectivity index (χ0v) is 10.8. The predicted molar refractivity (Wildman–Crippen MR) is 64.2 cm³/mol. The summed E-state index contributed by atoms with van der Waals surface area (Å²) in [6.45, 7) is 11.4. The van der Waals surface area contributed by atoms with Crippen LogP contribution < -0.4 is 10.6 Å². The van der Waals surface area contributed by atoms with Crippen molar-refractivity contribution in [2.24, 2.45) is 11.3 Å². The molecule has 94 valence electrons. The third-order valence-corrected chi connectivity index (χ3v) is 3.30. The molecule has 0 bridgehead atoms. The van der Waals surface area contributed by atoms with E-state index in [0.29, 0.717) is 19.1 Å². The molecule has 0 aromatic carbocycles. The zero-order chi connectivity index (χ0) is 12.2. The normalized spacial score (nSPS) is 23.9. The van der Waals surface area contributed by atoms with Crippen molar-refractivity contribution in [1.29, 1.82) is 0 Å². The Morgan fingerprint density at radius 1 is 1.56 bits per heavy atom. The molecule has 4 nitrogen and oxygen atoms in total. The van der Waals surface area contributed by atoms with E-state index in [0.717, 1.165) is 13.1 Å². The van der Waals surface area contributed by atoms with E-state index >= 15 is 0 Å². The molecule has 0 spiro atoms. The summed E-state index contributed by atoms with van der Waals surface area (Å²) in [6, 6.07) is -0.180. The Morgan fingerprint density at radius 2 is 2.25 bits per heavy atom. The Morgan fingerprint density at radius 3 is 2.75 bits per heavy atom. The first-order valence-electron chi connectivity index (χ1n) is 6.00. The minimum atomic E-state index is -0.180. The fourth-order valence-corrected chi connectivity index (χ4v) is 1.42. The van der Waals surface area contributed by atoms with Gasteiger partial charge in [-0.2, -0.15) is 0 Å². The van der Waals surface area contributed by atoms with Gasteiger partial charge in [0.25, 0.3) is 0 Å². The van der Waals surface area contributed by atoms with E-state index in [9.17, 15) is 4.79 Å². The largest absolute Gasteiger partial charge is 0.378 e. The van der Waals surface area contributed by atoms with E-state index in [1.165, 1.54) is 0 Å². The molecule has 1 aliphatic rings. The van der Waals surface area contributed by atoms with Gasteiger partial charge in [0.2, 0.25) is 5.91 Å². The van der Waals surface area contributed by atoms with Crippen LogP contribution in [0.3, 0.4) is 0 Å². The first-order valence-corrected chi connectivity index (χ1v) is 6.00. The Balaban J connectivity index is 2.29. The molecule has 2 N–H and O–H groups in total. The number of carbonyl (C=O) groups excluding carboxylic acids is 1. The maximum absolute atomic E-state index is 11.8. The van der Waals surface area contributed by atoms with Gasteiger partial charge >= 0.3 is 0 Å². The molecule has 2 atom stereocenters. The van der Waals surface area contributed by atoms with Crippen LogP contribution >= 0.6 is 0 Å². The highest BCUT2D eigenvalue weighted by Gasteiger charge is 2.24. The Labute approximate surface area is 98.1 Å². The molecule has 1 fully saturated rings. The highest BCUT2D eigenvalue weighted by atomic mass is 16.5. The second kappa shape index (κ2) is 5.64. The molecule has 1 heterocycles. The number of morpholine rings is 1. The molecule has 0 aromatic rings. The third-order valence-electron chi connectivity index (χ3n) is 3.30. The van der Waals surface area contributed by atoms with E-state index in [-0.39, 0.29) is 17.4 Å². The van der Waals surface area contributed by atoms with Crippen LogP contribution in [-0.2, 0) is 9.53 Å². The van der Waals surface area contributed by atoms with E-state index < -0.39 is 0 Å². The molecule has 0 aromatic heterocycles. The second-order valence-corrected chi connectivity index (χ2v) is 5.59. The Kier molecular flexibility index (Phi) is 4.74. The number of amides is 1. The molecule has 4 heteroatoms. The molecule has 16 heavy (non-hydrogen) atoms. The van der Waals surface area contributed by atoms with Crippen molar-refractivity contribution in [1.82, 2.24) is 10.6 Å². The van der Waals surface area contributed by atoms with Gasteiger partial charge in [0, 0.05) is 13.1 Å². The summed E-state index contributed by atoms with van der Waals surface area (Å²) >= 11 is 0. The Hall–Kier alpha value is -0.610. The van der Waals surface area contributed by atoms with Crippen molar-refractivity contribution in [3.05, 3.63) is 0 Å². The quantitative estimate of drug-likeness (QED) is 0.750. The van der Waals surface area contributed by atoms with Crippen LogP contribution in [-0.4, -0.2) is 38.3 Å². The van der Waals surface area contributed by atoms with Gasteiger partial charge in [0.05, 0.1) is 13.2 Å². The van der Waals surface area contributed by atoms with Crippen molar-refractivity contribution >= 4 is 5.91 Å². The SMILES string of the molecule is CC(CNC(=O)C1COCCN1)C(C)(C)C.